The second-order valence-corrected chi connectivity index (χ2v) is 6.41. The summed E-state index contributed by atoms with van der Waals surface area (Å²) in [4.78, 5) is 25.1. The molecule has 3 rings (SSSR count). The molecule has 2 N–H and O–H groups in total. The van der Waals surface area contributed by atoms with Gasteiger partial charge < -0.3 is 10.4 Å². The lowest BCUT2D eigenvalue weighted by atomic mass is 10.2. The van der Waals surface area contributed by atoms with Crippen molar-refractivity contribution in [1.29, 1.82) is 0 Å². The fourth-order valence-electron chi connectivity index (χ4n) is 2.38. The van der Waals surface area contributed by atoms with Crippen LogP contribution in [0.2, 0.25) is 5.02 Å². The molecule has 0 saturated heterocycles. The van der Waals surface area contributed by atoms with E-state index in [0.717, 1.165) is 19.3 Å². The molecular weight excluding hydrogens is 310 g/mol. The number of rotatable bonds is 3. The zero-order valence-corrected chi connectivity index (χ0v) is 12.6. The van der Waals surface area contributed by atoms with Crippen LogP contribution in [0.1, 0.15) is 36.9 Å². The van der Waals surface area contributed by atoms with Gasteiger partial charge >= 0.3 is 5.97 Å². The highest BCUT2D eigenvalue weighted by atomic mass is 35.5. The number of nitrogens with one attached hydrogen (secondary N) is 1. The number of hydrogen-bond acceptors (Lipinski definition) is 3. The molecule has 2 aromatic rings. The van der Waals surface area contributed by atoms with Crippen LogP contribution >= 0.6 is 22.9 Å². The SMILES string of the molecule is O=C(O)c1ccc(Cl)c(NC(=O)c2cc3c(s2)CCC3)c1. The van der Waals surface area contributed by atoms with E-state index in [1.54, 1.807) is 0 Å². The quantitative estimate of drug-likeness (QED) is 0.902. The minimum absolute atomic E-state index is 0.0865. The number of amides is 1. The van der Waals surface area contributed by atoms with Crippen molar-refractivity contribution in [2.45, 2.75) is 19.3 Å². The Bertz CT molecular complexity index is 717. The topological polar surface area (TPSA) is 66.4 Å². The molecule has 4 nitrogen and oxygen atoms in total. The first-order chi connectivity index (χ1) is 10.0. The van der Waals surface area contributed by atoms with E-state index in [9.17, 15) is 9.59 Å². The Morgan fingerprint density at radius 3 is 2.76 bits per heavy atom. The van der Waals surface area contributed by atoms with Gasteiger partial charge in [-0.25, -0.2) is 4.79 Å². The van der Waals surface area contributed by atoms with Crippen molar-refractivity contribution in [2.75, 3.05) is 5.32 Å². The molecule has 1 heterocycles. The standard InChI is InChI=1S/C15H12ClNO3S/c16-10-5-4-9(15(19)20)6-11(10)17-14(18)13-7-8-2-1-3-12(8)21-13/h4-7H,1-3H2,(H,17,18)(H,19,20). The molecule has 0 bridgehead atoms. The van der Waals surface area contributed by atoms with E-state index in [-0.39, 0.29) is 11.5 Å². The molecule has 0 saturated carbocycles. The monoisotopic (exact) mass is 321 g/mol. The number of anilines is 1. The van der Waals surface area contributed by atoms with Gasteiger partial charge in [0.15, 0.2) is 0 Å². The number of thiophene rings is 1. The third kappa shape index (κ3) is 2.80. The third-order valence-electron chi connectivity index (χ3n) is 3.43. The van der Waals surface area contributed by atoms with E-state index >= 15 is 0 Å². The molecule has 21 heavy (non-hydrogen) atoms. The molecule has 0 spiro atoms. The number of aryl methyl sites for hydroxylation is 2. The number of carboxylic acids is 1. The van der Waals surface area contributed by atoms with Crippen molar-refractivity contribution in [2.24, 2.45) is 0 Å². The molecule has 0 atom stereocenters. The maximum Gasteiger partial charge on any atom is 0.335 e. The molecule has 0 fully saturated rings. The number of hydrogen-bond donors (Lipinski definition) is 2. The van der Waals surface area contributed by atoms with Crippen molar-refractivity contribution >= 4 is 40.5 Å². The minimum atomic E-state index is -1.06. The Hall–Kier alpha value is -1.85. The van der Waals surface area contributed by atoms with E-state index in [0.29, 0.717) is 15.6 Å². The lowest BCUT2D eigenvalue weighted by Gasteiger charge is -2.07. The maximum atomic E-state index is 12.2. The van der Waals surface area contributed by atoms with Gasteiger partial charge in [-0.2, -0.15) is 0 Å². The molecule has 0 unspecified atom stereocenters. The number of halogens is 1. The predicted molar refractivity (Wildman–Crippen MR) is 82.7 cm³/mol. The molecular formula is C15H12ClNO3S. The molecule has 1 aliphatic rings. The Balaban J connectivity index is 1.83. The summed E-state index contributed by atoms with van der Waals surface area (Å²) in [7, 11) is 0. The van der Waals surface area contributed by atoms with Crippen LogP contribution in [0.4, 0.5) is 5.69 Å². The summed E-state index contributed by atoms with van der Waals surface area (Å²) < 4.78 is 0. The summed E-state index contributed by atoms with van der Waals surface area (Å²) in [5.74, 6) is -1.31. The molecule has 1 aromatic heterocycles. The van der Waals surface area contributed by atoms with Gasteiger partial charge in [0.05, 0.1) is 21.2 Å². The fourth-order valence-corrected chi connectivity index (χ4v) is 3.69. The normalized spacial score (nSPS) is 13.0. The van der Waals surface area contributed by atoms with E-state index < -0.39 is 5.97 Å². The van der Waals surface area contributed by atoms with Gasteiger partial charge in [-0.15, -0.1) is 11.3 Å². The first-order valence-corrected chi connectivity index (χ1v) is 7.70. The second-order valence-electron chi connectivity index (χ2n) is 4.87. The number of benzene rings is 1. The summed E-state index contributed by atoms with van der Waals surface area (Å²) in [6, 6.07) is 6.15. The van der Waals surface area contributed by atoms with Crippen LogP contribution in [0.15, 0.2) is 24.3 Å². The zero-order chi connectivity index (χ0) is 15.0. The molecule has 108 valence electrons. The Morgan fingerprint density at radius 1 is 1.24 bits per heavy atom. The van der Waals surface area contributed by atoms with Crippen molar-refractivity contribution < 1.29 is 14.7 Å². The Kier molecular flexibility index (Phi) is 3.69. The van der Waals surface area contributed by atoms with Gasteiger partial charge in [0.2, 0.25) is 0 Å². The van der Waals surface area contributed by atoms with Gasteiger partial charge in [-0.3, -0.25) is 4.79 Å². The van der Waals surface area contributed by atoms with E-state index in [1.165, 1.54) is 40.0 Å². The fraction of sp³-hybridized carbons (Fsp3) is 0.200. The van der Waals surface area contributed by atoms with Gasteiger partial charge in [-0.1, -0.05) is 11.6 Å². The lowest BCUT2D eigenvalue weighted by Crippen LogP contribution is -2.11. The minimum Gasteiger partial charge on any atom is -0.478 e. The summed E-state index contributed by atoms with van der Waals surface area (Å²) in [5.41, 5.74) is 1.65. The van der Waals surface area contributed by atoms with Crippen LogP contribution in [-0.4, -0.2) is 17.0 Å². The largest absolute Gasteiger partial charge is 0.478 e. The summed E-state index contributed by atoms with van der Waals surface area (Å²) in [6.07, 6.45) is 3.20. The highest BCUT2D eigenvalue weighted by molar-refractivity contribution is 7.14. The molecule has 1 aliphatic carbocycles. The predicted octanol–water partition coefficient (Wildman–Crippen LogP) is 3.84. The van der Waals surface area contributed by atoms with Crippen molar-refractivity contribution in [1.82, 2.24) is 0 Å². The average Bonchev–Trinajstić information content (AvgIpc) is 3.01. The average molecular weight is 322 g/mol. The summed E-state index contributed by atoms with van der Waals surface area (Å²) in [5, 5.41) is 12.0. The van der Waals surface area contributed by atoms with Crippen molar-refractivity contribution in [3.05, 3.63) is 50.2 Å². The number of aromatic carboxylic acids is 1. The highest BCUT2D eigenvalue weighted by Gasteiger charge is 2.19. The maximum absolute atomic E-state index is 12.2. The molecule has 1 aromatic carbocycles. The molecule has 0 radical (unpaired) electrons. The first-order valence-electron chi connectivity index (χ1n) is 6.50. The lowest BCUT2D eigenvalue weighted by molar-refractivity contribution is 0.0696. The highest BCUT2D eigenvalue weighted by Crippen LogP contribution is 2.31. The Labute approximate surface area is 130 Å². The van der Waals surface area contributed by atoms with E-state index in [2.05, 4.69) is 5.32 Å². The zero-order valence-electron chi connectivity index (χ0n) is 11.0. The number of carboxylic acid groups (broad SMARTS) is 1. The number of carbonyl (C=O) groups excluding carboxylic acids is 1. The van der Waals surface area contributed by atoms with Gasteiger partial charge in [0, 0.05) is 4.88 Å². The Morgan fingerprint density at radius 2 is 2.05 bits per heavy atom. The van der Waals surface area contributed by atoms with Gasteiger partial charge in [0.1, 0.15) is 0 Å². The van der Waals surface area contributed by atoms with Crippen LogP contribution in [0.3, 0.4) is 0 Å². The van der Waals surface area contributed by atoms with Gasteiger partial charge in [-0.05, 0) is 49.1 Å². The molecule has 0 aliphatic heterocycles. The van der Waals surface area contributed by atoms with Crippen LogP contribution in [0.5, 0.6) is 0 Å². The van der Waals surface area contributed by atoms with Gasteiger partial charge in [0.25, 0.3) is 5.91 Å². The van der Waals surface area contributed by atoms with Crippen molar-refractivity contribution in [3.63, 3.8) is 0 Å². The summed E-state index contributed by atoms with van der Waals surface area (Å²) in [6.45, 7) is 0. The molecule has 1 amide bonds. The van der Waals surface area contributed by atoms with Crippen LogP contribution < -0.4 is 5.32 Å². The molecule has 6 heteroatoms. The smallest absolute Gasteiger partial charge is 0.335 e. The number of fused-ring (bicyclic) bond motifs is 1. The first kappa shape index (κ1) is 14.1. The van der Waals surface area contributed by atoms with Crippen LogP contribution in [-0.2, 0) is 12.8 Å². The number of carbonyl (C=O) groups is 2. The second kappa shape index (κ2) is 5.50. The third-order valence-corrected chi connectivity index (χ3v) is 5.00. The summed E-state index contributed by atoms with van der Waals surface area (Å²) >= 11 is 7.50. The van der Waals surface area contributed by atoms with Crippen LogP contribution in [0, 0.1) is 0 Å². The van der Waals surface area contributed by atoms with E-state index in [1.807, 2.05) is 6.07 Å². The van der Waals surface area contributed by atoms with Crippen LogP contribution in [0.25, 0.3) is 0 Å². The van der Waals surface area contributed by atoms with E-state index in [4.69, 9.17) is 16.7 Å². The van der Waals surface area contributed by atoms with Crippen molar-refractivity contribution in [3.8, 4) is 0 Å².